The number of pyridine rings is 1. The number of rotatable bonds is 4. The van der Waals surface area contributed by atoms with Gasteiger partial charge in [0.2, 0.25) is 0 Å². The molecule has 0 aliphatic heterocycles. The first-order chi connectivity index (χ1) is 9.00. The molecule has 1 aromatic rings. The van der Waals surface area contributed by atoms with Crippen LogP contribution in [0.4, 0.5) is 26.3 Å². The number of carboxylic acid groups (broad SMARTS) is 1. The van der Waals surface area contributed by atoms with Gasteiger partial charge in [-0.3, -0.25) is 4.79 Å². The minimum atomic E-state index is -4.80. The van der Waals surface area contributed by atoms with Gasteiger partial charge in [0.1, 0.15) is 5.25 Å². The number of carbonyl (C=O) groups is 1. The second-order valence-corrected chi connectivity index (χ2v) is 4.85. The minimum absolute atomic E-state index is 0.0590. The lowest BCUT2D eigenvalue weighted by Crippen LogP contribution is -2.28. The molecule has 1 unspecified atom stereocenters. The van der Waals surface area contributed by atoms with Gasteiger partial charge in [0.15, 0.2) is 0 Å². The maximum Gasteiger partial charge on any atom is 0.417 e. The first-order valence-electron chi connectivity index (χ1n) is 4.98. The van der Waals surface area contributed by atoms with E-state index in [0.29, 0.717) is 12.3 Å². The number of thioether (sulfide) groups is 1. The molecule has 112 valence electrons. The van der Waals surface area contributed by atoms with E-state index in [1.165, 1.54) is 0 Å². The number of aliphatic carboxylic acids is 1. The number of carboxylic acids is 1. The van der Waals surface area contributed by atoms with Crippen molar-refractivity contribution in [2.24, 2.45) is 0 Å². The fourth-order valence-corrected chi connectivity index (χ4v) is 2.06. The van der Waals surface area contributed by atoms with Crippen LogP contribution in [0.3, 0.4) is 0 Å². The van der Waals surface area contributed by atoms with E-state index >= 15 is 0 Å². The van der Waals surface area contributed by atoms with Crippen molar-refractivity contribution in [1.82, 2.24) is 4.98 Å². The lowest BCUT2D eigenvalue weighted by atomic mass is 10.3. The Kier molecular flexibility index (Phi) is 4.90. The van der Waals surface area contributed by atoms with Crippen LogP contribution in [0.1, 0.15) is 12.0 Å². The highest BCUT2D eigenvalue weighted by atomic mass is 32.2. The number of hydrogen-bond donors (Lipinski definition) is 1. The molecule has 0 spiro atoms. The van der Waals surface area contributed by atoms with Crippen LogP contribution < -0.4 is 0 Å². The van der Waals surface area contributed by atoms with Gasteiger partial charge in [-0.1, -0.05) is 11.8 Å². The average Bonchev–Trinajstić information content (AvgIpc) is 2.25. The zero-order valence-electron chi connectivity index (χ0n) is 9.50. The van der Waals surface area contributed by atoms with Crippen molar-refractivity contribution in [2.45, 2.75) is 29.0 Å². The van der Waals surface area contributed by atoms with Crippen molar-refractivity contribution in [2.75, 3.05) is 0 Å². The second kappa shape index (κ2) is 5.90. The highest BCUT2D eigenvalue weighted by Gasteiger charge is 2.42. The number of halogens is 6. The van der Waals surface area contributed by atoms with Crippen LogP contribution in [0.2, 0.25) is 0 Å². The lowest BCUT2D eigenvalue weighted by Gasteiger charge is -2.17. The van der Waals surface area contributed by atoms with Gasteiger partial charge in [-0.2, -0.15) is 26.3 Å². The van der Waals surface area contributed by atoms with Crippen LogP contribution in [0.25, 0.3) is 0 Å². The Morgan fingerprint density at radius 1 is 1.25 bits per heavy atom. The van der Waals surface area contributed by atoms with Crippen molar-refractivity contribution >= 4 is 17.7 Å². The highest BCUT2D eigenvalue weighted by molar-refractivity contribution is 8.00. The maximum absolute atomic E-state index is 12.5. The largest absolute Gasteiger partial charge is 0.481 e. The number of aromatic nitrogens is 1. The van der Waals surface area contributed by atoms with E-state index in [-0.39, 0.29) is 16.8 Å². The van der Waals surface area contributed by atoms with E-state index in [4.69, 9.17) is 5.11 Å². The first-order valence-corrected chi connectivity index (χ1v) is 5.86. The van der Waals surface area contributed by atoms with Gasteiger partial charge >= 0.3 is 18.3 Å². The molecule has 0 radical (unpaired) electrons. The number of nitrogens with zero attached hydrogens (tertiary/aromatic N) is 1. The summed E-state index contributed by atoms with van der Waals surface area (Å²) in [5.41, 5.74) is -1.09. The molecule has 0 saturated heterocycles. The van der Waals surface area contributed by atoms with E-state index in [0.717, 1.165) is 6.07 Å². The van der Waals surface area contributed by atoms with Crippen molar-refractivity contribution in [3.63, 3.8) is 0 Å². The molecule has 1 atom stereocenters. The van der Waals surface area contributed by atoms with Gasteiger partial charge in [0.25, 0.3) is 0 Å². The number of hydrogen-bond acceptors (Lipinski definition) is 3. The minimum Gasteiger partial charge on any atom is -0.481 e. The molecule has 1 N–H and O–H groups in total. The average molecular weight is 319 g/mol. The van der Waals surface area contributed by atoms with Crippen LogP contribution in [-0.4, -0.2) is 27.5 Å². The Morgan fingerprint density at radius 2 is 1.85 bits per heavy atom. The van der Waals surface area contributed by atoms with E-state index in [1.807, 2.05) is 0 Å². The molecular weight excluding hydrogens is 312 g/mol. The van der Waals surface area contributed by atoms with Gasteiger partial charge < -0.3 is 5.11 Å². The molecule has 1 rings (SSSR count). The molecule has 1 heterocycles. The lowest BCUT2D eigenvalue weighted by molar-refractivity contribution is -0.149. The van der Waals surface area contributed by atoms with E-state index in [1.54, 1.807) is 0 Å². The summed E-state index contributed by atoms with van der Waals surface area (Å²) in [6, 6.07) is 1.36. The maximum atomic E-state index is 12.5. The topological polar surface area (TPSA) is 50.2 Å². The summed E-state index contributed by atoms with van der Waals surface area (Å²) < 4.78 is 74.3. The SMILES string of the molecule is O=C(O)CC(Sc1ccc(C(F)(F)F)cn1)C(F)(F)F. The zero-order chi connectivity index (χ0) is 15.6. The standard InChI is InChI=1S/C10H7F6NO2S/c11-9(12,13)5-1-2-7(17-4-5)20-6(3-8(18)19)10(14,15)16/h1-2,4,6H,3H2,(H,18,19). The van der Waals surface area contributed by atoms with Crippen LogP contribution in [0, 0.1) is 0 Å². The highest BCUT2D eigenvalue weighted by Crippen LogP contribution is 2.37. The Morgan fingerprint density at radius 3 is 2.20 bits per heavy atom. The Hall–Kier alpha value is -1.45. The van der Waals surface area contributed by atoms with Crippen molar-refractivity contribution in [3.8, 4) is 0 Å². The quantitative estimate of drug-likeness (QED) is 0.680. The molecule has 1 aromatic heterocycles. The Balaban J connectivity index is 2.87. The smallest absolute Gasteiger partial charge is 0.417 e. The van der Waals surface area contributed by atoms with Crippen LogP contribution in [0.15, 0.2) is 23.4 Å². The third-order valence-corrected chi connectivity index (χ3v) is 3.25. The molecule has 20 heavy (non-hydrogen) atoms. The normalized spacial score (nSPS) is 14.1. The van der Waals surface area contributed by atoms with Crippen LogP contribution in [-0.2, 0) is 11.0 Å². The van der Waals surface area contributed by atoms with Crippen molar-refractivity contribution < 1.29 is 36.2 Å². The molecule has 0 aromatic carbocycles. The van der Waals surface area contributed by atoms with Gasteiger partial charge in [0, 0.05) is 6.20 Å². The molecule has 10 heteroatoms. The van der Waals surface area contributed by atoms with Crippen LogP contribution in [0.5, 0.6) is 0 Å². The summed E-state index contributed by atoms with van der Waals surface area (Å²) in [4.78, 5) is 13.6. The Labute approximate surface area is 113 Å². The van der Waals surface area contributed by atoms with Crippen LogP contribution >= 0.6 is 11.8 Å². The predicted molar refractivity (Wildman–Crippen MR) is 57.2 cm³/mol. The third kappa shape index (κ3) is 4.91. The zero-order valence-corrected chi connectivity index (χ0v) is 10.3. The number of alkyl halides is 6. The molecule has 3 nitrogen and oxygen atoms in total. The fraction of sp³-hybridized carbons (Fsp3) is 0.400. The van der Waals surface area contributed by atoms with Crippen molar-refractivity contribution in [3.05, 3.63) is 23.9 Å². The fourth-order valence-electron chi connectivity index (χ4n) is 1.15. The summed E-state index contributed by atoms with van der Waals surface area (Å²) in [7, 11) is 0. The molecule has 0 fully saturated rings. The summed E-state index contributed by atoms with van der Waals surface area (Å²) in [5, 5.41) is 5.79. The van der Waals surface area contributed by atoms with Gasteiger partial charge in [-0.25, -0.2) is 4.98 Å². The van der Waals surface area contributed by atoms with E-state index in [2.05, 4.69) is 4.98 Å². The summed E-state index contributed by atoms with van der Waals surface area (Å²) in [5.74, 6) is -1.66. The predicted octanol–water partition coefficient (Wildman–Crippen LogP) is 3.60. The van der Waals surface area contributed by atoms with Gasteiger partial charge in [-0.05, 0) is 12.1 Å². The van der Waals surface area contributed by atoms with Crippen molar-refractivity contribution in [1.29, 1.82) is 0 Å². The first kappa shape index (κ1) is 16.6. The summed E-state index contributed by atoms with van der Waals surface area (Å²) >= 11 is 0.0590. The van der Waals surface area contributed by atoms with Gasteiger partial charge in [-0.15, -0.1) is 0 Å². The molecule has 0 aliphatic carbocycles. The van der Waals surface area contributed by atoms with E-state index < -0.39 is 35.6 Å². The monoisotopic (exact) mass is 319 g/mol. The molecule has 0 amide bonds. The molecular formula is C10H7F6NO2S. The molecule has 0 bridgehead atoms. The van der Waals surface area contributed by atoms with E-state index in [9.17, 15) is 31.1 Å². The van der Waals surface area contributed by atoms with Gasteiger partial charge in [0.05, 0.1) is 17.0 Å². The summed E-state index contributed by atoms with van der Waals surface area (Å²) in [6.45, 7) is 0. The second-order valence-electron chi connectivity index (χ2n) is 3.63. The summed E-state index contributed by atoms with van der Waals surface area (Å²) in [6.07, 6.45) is -10.2. The molecule has 0 aliphatic rings. The third-order valence-electron chi connectivity index (χ3n) is 2.05. The molecule has 0 saturated carbocycles. The Bertz CT molecular complexity index is 470.